The zero-order valence-corrected chi connectivity index (χ0v) is 13.1. The third-order valence-electron chi connectivity index (χ3n) is 3.00. The van der Waals surface area contributed by atoms with Gasteiger partial charge >= 0.3 is 6.09 Å². The molecule has 1 atom stereocenters. The summed E-state index contributed by atoms with van der Waals surface area (Å²) in [4.78, 5) is 14.0. The molecule has 0 aromatic heterocycles. The number of hydrogen-bond donors (Lipinski definition) is 0. The smallest absolute Gasteiger partial charge is 0.410 e. The van der Waals surface area contributed by atoms with Crippen LogP contribution in [0.25, 0.3) is 0 Å². The van der Waals surface area contributed by atoms with Crippen molar-refractivity contribution in [3.05, 3.63) is 0 Å². The van der Waals surface area contributed by atoms with Crippen molar-refractivity contribution < 1.29 is 9.53 Å². The van der Waals surface area contributed by atoms with Crippen LogP contribution in [-0.4, -0.2) is 34.5 Å². The van der Waals surface area contributed by atoms with Crippen molar-refractivity contribution in [1.29, 1.82) is 0 Å². The zero-order valence-electron chi connectivity index (χ0n) is 11.5. The third kappa shape index (κ3) is 4.49. The molecule has 17 heavy (non-hydrogen) atoms. The van der Waals surface area contributed by atoms with Gasteiger partial charge in [-0.25, -0.2) is 4.79 Å². The number of alkyl halides is 1. The van der Waals surface area contributed by atoms with Crippen molar-refractivity contribution in [3.8, 4) is 0 Å². The van der Waals surface area contributed by atoms with Gasteiger partial charge in [0.15, 0.2) is 0 Å². The fraction of sp³-hybridized carbons (Fsp3) is 0.923. The van der Waals surface area contributed by atoms with Crippen LogP contribution in [0.15, 0.2) is 0 Å². The predicted octanol–water partition coefficient (Wildman–Crippen LogP) is 3.81. The van der Waals surface area contributed by atoms with Gasteiger partial charge in [0.25, 0.3) is 0 Å². The highest BCUT2D eigenvalue weighted by Crippen LogP contribution is 2.33. The van der Waals surface area contributed by atoms with E-state index in [-0.39, 0.29) is 17.6 Å². The van der Waals surface area contributed by atoms with E-state index in [0.717, 1.165) is 24.7 Å². The number of carbonyl (C=O) groups excluding carboxylic acids is 1. The van der Waals surface area contributed by atoms with Gasteiger partial charge in [-0.2, -0.15) is 0 Å². The molecule has 3 nitrogen and oxygen atoms in total. The molecule has 1 aliphatic heterocycles. The van der Waals surface area contributed by atoms with Gasteiger partial charge in [0.1, 0.15) is 5.60 Å². The minimum Gasteiger partial charge on any atom is -0.444 e. The number of halogens is 1. The number of carbonyl (C=O) groups is 1. The fourth-order valence-electron chi connectivity index (χ4n) is 2.08. The summed E-state index contributed by atoms with van der Waals surface area (Å²) in [6, 6.07) is 0.262. The lowest BCUT2D eigenvalue weighted by molar-refractivity contribution is -0.00355. The number of rotatable bonds is 1. The van der Waals surface area contributed by atoms with Gasteiger partial charge in [-0.1, -0.05) is 29.8 Å². The highest BCUT2D eigenvalue weighted by Gasteiger charge is 2.37. The Morgan fingerprint density at radius 2 is 2.06 bits per heavy atom. The molecule has 4 heteroatoms. The molecule has 0 bridgehead atoms. The molecule has 0 spiro atoms. The maximum Gasteiger partial charge on any atom is 0.410 e. The van der Waals surface area contributed by atoms with E-state index in [1.807, 2.05) is 25.7 Å². The summed E-state index contributed by atoms with van der Waals surface area (Å²) in [6.07, 6.45) is 2.01. The molecule has 0 N–H and O–H groups in total. The minimum absolute atomic E-state index is 0.185. The van der Waals surface area contributed by atoms with Crippen molar-refractivity contribution >= 4 is 22.0 Å². The fourth-order valence-corrected chi connectivity index (χ4v) is 2.75. The third-order valence-corrected chi connectivity index (χ3v) is 3.75. The van der Waals surface area contributed by atoms with Gasteiger partial charge in [0.05, 0.1) is 0 Å². The largest absolute Gasteiger partial charge is 0.444 e. The van der Waals surface area contributed by atoms with Crippen molar-refractivity contribution in [1.82, 2.24) is 4.90 Å². The van der Waals surface area contributed by atoms with E-state index in [4.69, 9.17) is 4.74 Å². The van der Waals surface area contributed by atoms with Crippen LogP contribution in [0, 0.1) is 5.41 Å². The van der Waals surface area contributed by atoms with Crippen LogP contribution in [-0.2, 0) is 4.74 Å². The van der Waals surface area contributed by atoms with Crippen molar-refractivity contribution in [2.45, 2.75) is 59.1 Å². The van der Waals surface area contributed by atoms with Crippen LogP contribution >= 0.6 is 15.9 Å². The molecule has 0 radical (unpaired) electrons. The van der Waals surface area contributed by atoms with Crippen molar-refractivity contribution in [3.63, 3.8) is 0 Å². The van der Waals surface area contributed by atoms with E-state index in [2.05, 4.69) is 29.8 Å². The summed E-state index contributed by atoms with van der Waals surface area (Å²) in [7, 11) is 0. The summed E-state index contributed by atoms with van der Waals surface area (Å²) in [5.74, 6) is 0. The first kappa shape index (κ1) is 14.8. The van der Waals surface area contributed by atoms with E-state index in [1.54, 1.807) is 0 Å². The molecule has 1 heterocycles. The van der Waals surface area contributed by atoms with Crippen LogP contribution in [0.4, 0.5) is 4.79 Å². The minimum atomic E-state index is -0.421. The Morgan fingerprint density at radius 3 is 2.53 bits per heavy atom. The summed E-state index contributed by atoms with van der Waals surface area (Å²) in [5, 5.41) is 0.822. The summed E-state index contributed by atoms with van der Waals surface area (Å²) in [6.45, 7) is 10.9. The lowest BCUT2D eigenvalue weighted by Gasteiger charge is -2.43. The van der Waals surface area contributed by atoms with E-state index in [9.17, 15) is 4.79 Å². The Hall–Kier alpha value is -0.250. The second-order valence-corrected chi connectivity index (χ2v) is 7.27. The average Bonchev–Trinajstić information content (AvgIpc) is 2.13. The van der Waals surface area contributed by atoms with Crippen LogP contribution in [0.1, 0.15) is 47.5 Å². The zero-order chi connectivity index (χ0) is 13.3. The van der Waals surface area contributed by atoms with E-state index < -0.39 is 5.60 Å². The SMILES string of the molecule is CC1(C)CCC(CBr)N(C(=O)OC(C)(C)C)C1. The van der Waals surface area contributed by atoms with Crippen LogP contribution in [0.2, 0.25) is 0 Å². The first-order valence-corrected chi connectivity index (χ1v) is 7.32. The number of ether oxygens (including phenoxy) is 1. The van der Waals surface area contributed by atoms with Gasteiger partial charge in [-0.3, -0.25) is 0 Å². The van der Waals surface area contributed by atoms with Gasteiger partial charge in [-0.15, -0.1) is 0 Å². The molecule has 1 rings (SSSR count). The second kappa shape index (κ2) is 5.17. The van der Waals surface area contributed by atoms with Crippen LogP contribution in [0.5, 0.6) is 0 Å². The standard InChI is InChI=1S/C13H24BrNO2/c1-12(2,3)17-11(16)15-9-13(4,5)7-6-10(15)8-14/h10H,6-9H2,1-5H3. The van der Waals surface area contributed by atoms with E-state index >= 15 is 0 Å². The molecule has 0 aromatic rings. The quantitative estimate of drug-likeness (QED) is 0.690. The molecule has 0 saturated carbocycles. The molecular weight excluding hydrogens is 282 g/mol. The Kier molecular flexibility index (Phi) is 4.50. The molecule has 1 aliphatic rings. The number of hydrogen-bond acceptors (Lipinski definition) is 2. The molecule has 1 saturated heterocycles. The number of amides is 1. The van der Waals surface area contributed by atoms with E-state index in [1.165, 1.54) is 0 Å². The van der Waals surface area contributed by atoms with E-state index in [0.29, 0.717) is 0 Å². The van der Waals surface area contributed by atoms with Gasteiger partial charge in [0.2, 0.25) is 0 Å². The molecule has 1 amide bonds. The Labute approximate surface area is 113 Å². The van der Waals surface area contributed by atoms with Crippen LogP contribution < -0.4 is 0 Å². The lowest BCUT2D eigenvalue weighted by atomic mass is 9.82. The number of nitrogens with zero attached hydrogens (tertiary/aromatic N) is 1. The topological polar surface area (TPSA) is 29.5 Å². The lowest BCUT2D eigenvalue weighted by Crippen LogP contribution is -2.51. The first-order chi connectivity index (χ1) is 7.64. The van der Waals surface area contributed by atoms with Crippen molar-refractivity contribution in [2.24, 2.45) is 5.41 Å². The Bertz CT molecular complexity index is 284. The Balaban J connectivity index is 2.73. The van der Waals surface area contributed by atoms with Crippen LogP contribution in [0.3, 0.4) is 0 Å². The maximum absolute atomic E-state index is 12.2. The average molecular weight is 306 g/mol. The van der Waals surface area contributed by atoms with Gasteiger partial charge < -0.3 is 9.64 Å². The second-order valence-electron chi connectivity index (χ2n) is 6.62. The molecule has 0 aromatic carbocycles. The number of likely N-dealkylation sites (tertiary alicyclic amines) is 1. The summed E-state index contributed by atoms with van der Waals surface area (Å²) >= 11 is 3.49. The molecule has 0 aliphatic carbocycles. The normalized spacial score (nSPS) is 24.6. The highest BCUT2D eigenvalue weighted by molar-refractivity contribution is 9.09. The molecular formula is C13H24BrNO2. The molecule has 1 fully saturated rings. The predicted molar refractivity (Wildman–Crippen MR) is 73.5 cm³/mol. The van der Waals surface area contributed by atoms with Gasteiger partial charge in [0, 0.05) is 17.9 Å². The maximum atomic E-state index is 12.2. The Morgan fingerprint density at radius 1 is 1.47 bits per heavy atom. The molecule has 1 unspecified atom stereocenters. The summed E-state index contributed by atoms with van der Waals surface area (Å²) < 4.78 is 5.47. The summed E-state index contributed by atoms with van der Waals surface area (Å²) in [5.41, 5.74) is -0.231. The number of piperidine rings is 1. The highest BCUT2D eigenvalue weighted by atomic mass is 79.9. The van der Waals surface area contributed by atoms with Gasteiger partial charge in [-0.05, 0) is 39.0 Å². The van der Waals surface area contributed by atoms with Crippen molar-refractivity contribution in [2.75, 3.05) is 11.9 Å². The molecule has 100 valence electrons. The first-order valence-electron chi connectivity index (χ1n) is 6.20. The monoisotopic (exact) mass is 305 g/mol.